The molecule has 2 saturated heterocycles. The highest BCUT2D eigenvalue weighted by atomic mass is 19.4. The minimum absolute atomic E-state index is 0.0224. The maximum absolute atomic E-state index is 14.6. The molecule has 0 spiro atoms. The number of piperidine rings is 2. The van der Waals surface area contributed by atoms with Gasteiger partial charge in [-0.15, -0.1) is 26.3 Å². The van der Waals surface area contributed by atoms with Gasteiger partial charge in [-0.1, -0.05) is 12.1 Å². The molecule has 304 valence electrons. The zero-order valence-corrected chi connectivity index (χ0v) is 29.4. The highest BCUT2D eigenvalue weighted by Gasteiger charge is 2.40. The summed E-state index contributed by atoms with van der Waals surface area (Å²) in [7, 11) is 2.26. The van der Waals surface area contributed by atoms with Gasteiger partial charge in [-0.25, -0.2) is 18.4 Å². The van der Waals surface area contributed by atoms with Crippen LogP contribution in [-0.4, -0.2) is 91.5 Å². The van der Waals surface area contributed by atoms with E-state index in [9.17, 15) is 59.1 Å². The number of nitrogens with zero attached hydrogens (tertiary/aromatic N) is 2. The van der Waals surface area contributed by atoms with E-state index in [4.69, 9.17) is 14.6 Å². The smallest absolute Gasteiger partial charge is 0.481 e. The number of esters is 1. The summed E-state index contributed by atoms with van der Waals surface area (Å²) in [6.07, 6.45) is -11.7. The second-order valence-corrected chi connectivity index (χ2v) is 12.0. The standard InChI is InChI=1S/C19H21F4NO6.C15H15F4NO5/c1-3-29-17(26)10-16(25)11-6-7-24(18(27)28-2)15(8-11)13-5-4-12(9-14(13)20)30-19(21,22)23;1-24-14(23)20-5-4-8(13(21)22)6-12(20)10-3-2-9(7-11(10)16)25-15(17,18)19/h4-5,9,11,15H,3,6-8,10H2,1-2H3;2-3,7-8,12H,4-6H2,1H3,(H,21,22)/t11-,15+;/m1./s1. The van der Waals surface area contributed by atoms with Gasteiger partial charge < -0.3 is 38.6 Å². The number of ketones is 1. The molecule has 2 aliphatic heterocycles. The first-order chi connectivity index (χ1) is 25.7. The molecule has 1 N–H and O–H groups in total. The van der Waals surface area contributed by atoms with E-state index in [0.717, 1.165) is 43.4 Å². The summed E-state index contributed by atoms with van der Waals surface area (Å²) >= 11 is 0. The molecule has 4 rings (SSSR count). The van der Waals surface area contributed by atoms with Gasteiger partial charge >= 0.3 is 36.8 Å². The maximum Gasteiger partial charge on any atom is 0.573 e. The zero-order valence-electron chi connectivity index (χ0n) is 29.4. The van der Waals surface area contributed by atoms with Crippen molar-refractivity contribution < 1.29 is 87.9 Å². The zero-order chi connectivity index (χ0) is 41.2. The Morgan fingerprint density at radius 1 is 0.727 bits per heavy atom. The Morgan fingerprint density at radius 3 is 1.51 bits per heavy atom. The van der Waals surface area contributed by atoms with E-state index in [1.54, 1.807) is 6.92 Å². The Hall–Kier alpha value is -5.37. The van der Waals surface area contributed by atoms with Gasteiger partial charge in [0.2, 0.25) is 0 Å². The summed E-state index contributed by atoms with van der Waals surface area (Å²) in [6.45, 7) is 1.78. The monoisotopic (exact) mass is 800 g/mol. The SMILES string of the molecule is CCOC(=O)CC(=O)[C@@H]1CCN(C(=O)OC)[C@H](c2ccc(OC(F)(F)F)cc2F)C1.COC(=O)N1CCC(C(=O)O)CC1c1ccc(OC(F)(F)F)cc1F. The fourth-order valence-corrected chi connectivity index (χ4v) is 6.16. The molecule has 2 fully saturated rings. The molecule has 2 aliphatic rings. The molecule has 0 saturated carbocycles. The van der Waals surface area contributed by atoms with Crippen LogP contribution in [0.25, 0.3) is 0 Å². The molecule has 0 aliphatic carbocycles. The molecular weight excluding hydrogens is 764 g/mol. The van der Waals surface area contributed by atoms with Gasteiger partial charge in [-0.2, -0.15) is 0 Å². The van der Waals surface area contributed by atoms with E-state index >= 15 is 0 Å². The average Bonchev–Trinajstić information content (AvgIpc) is 3.09. The van der Waals surface area contributed by atoms with Crippen molar-refractivity contribution in [3.05, 3.63) is 59.2 Å². The number of ether oxygens (including phenoxy) is 5. The molecule has 0 bridgehead atoms. The highest BCUT2D eigenvalue weighted by Crippen LogP contribution is 2.39. The van der Waals surface area contributed by atoms with E-state index in [-0.39, 0.29) is 56.5 Å². The highest BCUT2D eigenvalue weighted by molar-refractivity contribution is 5.97. The number of amides is 2. The van der Waals surface area contributed by atoms with Crippen LogP contribution in [0.4, 0.5) is 44.7 Å². The van der Waals surface area contributed by atoms with Crippen LogP contribution >= 0.6 is 0 Å². The summed E-state index contributed by atoms with van der Waals surface area (Å²) in [4.78, 5) is 61.5. The molecular formula is C34H36F8N2O11. The van der Waals surface area contributed by atoms with Crippen molar-refractivity contribution in [2.24, 2.45) is 11.8 Å². The van der Waals surface area contributed by atoms with Crippen molar-refractivity contribution in [3.8, 4) is 11.5 Å². The van der Waals surface area contributed by atoms with E-state index in [0.29, 0.717) is 12.1 Å². The summed E-state index contributed by atoms with van der Waals surface area (Å²) in [5, 5.41) is 9.15. The molecule has 2 amide bonds. The Balaban J connectivity index is 0.000000300. The number of carbonyl (C=O) groups is 5. The lowest BCUT2D eigenvalue weighted by molar-refractivity contribution is -0.275. The number of carboxylic acids is 1. The number of halogens is 8. The molecule has 0 radical (unpaired) electrons. The second-order valence-electron chi connectivity index (χ2n) is 12.0. The number of likely N-dealkylation sites (tertiary alicyclic amines) is 2. The molecule has 2 aromatic rings. The average molecular weight is 801 g/mol. The minimum atomic E-state index is -4.98. The predicted octanol–water partition coefficient (Wildman–Crippen LogP) is 7.09. The Kier molecular flexibility index (Phi) is 15.0. The fraction of sp³-hybridized carbons (Fsp3) is 0.500. The van der Waals surface area contributed by atoms with Crippen molar-refractivity contribution in [2.45, 2.75) is 63.8 Å². The van der Waals surface area contributed by atoms with Crippen LogP contribution in [0.15, 0.2) is 36.4 Å². The van der Waals surface area contributed by atoms with Crippen LogP contribution in [0.3, 0.4) is 0 Å². The van der Waals surface area contributed by atoms with Crippen molar-refractivity contribution in [3.63, 3.8) is 0 Å². The van der Waals surface area contributed by atoms with Crippen LogP contribution in [0.5, 0.6) is 11.5 Å². The van der Waals surface area contributed by atoms with Crippen LogP contribution in [-0.2, 0) is 28.6 Å². The van der Waals surface area contributed by atoms with Gasteiger partial charge in [0.15, 0.2) is 0 Å². The third kappa shape index (κ3) is 12.6. The summed E-state index contributed by atoms with van der Waals surface area (Å²) in [5.74, 6) is -7.23. The fourth-order valence-electron chi connectivity index (χ4n) is 6.16. The lowest BCUT2D eigenvalue weighted by atomic mass is 9.83. The lowest BCUT2D eigenvalue weighted by Crippen LogP contribution is -2.43. The Labute approximate surface area is 308 Å². The first-order valence-electron chi connectivity index (χ1n) is 16.4. The predicted molar refractivity (Wildman–Crippen MR) is 169 cm³/mol. The summed E-state index contributed by atoms with van der Waals surface area (Å²) in [5.41, 5.74) is -0.200. The van der Waals surface area contributed by atoms with Crippen molar-refractivity contribution in [2.75, 3.05) is 33.9 Å². The molecule has 2 aromatic carbocycles. The summed E-state index contributed by atoms with van der Waals surface area (Å²) < 4.78 is 124. The number of carboxylic acid groups (broad SMARTS) is 1. The Morgan fingerprint density at radius 2 is 1.15 bits per heavy atom. The number of aliphatic carboxylic acids is 1. The van der Waals surface area contributed by atoms with Gasteiger partial charge in [-0.3, -0.25) is 14.4 Å². The van der Waals surface area contributed by atoms with E-state index in [1.165, 1.54) is 4.90 Å². The number of hydrogen-bond donors (Lipinski definition) is 1. The van der Waals surface area contributed by atoms with Gasteiger partial charge in [0.05, 0.1) is 38.8 Å². The summed E-state index contributed by atoms with van der Waals surface area (Å²) in [6, 6.07) is 3.10. The number of carbonyl (C=O) groups excluding carboxylic acids is 4. The van der Waals surface area contributed by atoms with Gasteiger partial charge in [0, 0.05) is 42.3 Å². The largest absolute Gasteiger partial charge is 0.573 e. The minimum Gasteiger partial charge on any atom is -0.481 e. The molecule has 21 heteroatoms. The Bertz CT molecular complexity index is 1710. The normalized spacial score (nSPS) is 20.0. The number of methoxy groups -OCH3 is 2. The molecule has 4 atom stereocenters. The van der Waals surface area contributed by atoms with E-state index < -0.39 is 96.1 Å². The van der Waals surface area contributed by atoms with E-state index in [1.807, 2.05) is 0 Å². The van der Waals surface area contributed by atoms with Crippen LogP contribution in [0.1, 0.15) is 62.2 Å². The molecule has 55 heavy (non-hydrogen) atoms. The van der Waals surface area contributed by atoms with Crippen LogP contribution < -0.4 is 9.47 Å². The van der Waals surface area contributed by atoms with Crippen molar-refractivity contribution in [1.29, 1.82) is 0 Å². The van der Waals surface area contributed by atoms with Crippen molar-refractivity contribution >= 4 is 29.9 Å². The third-order valence-electron chi connectivity index (χ3n) is 8.58. The lowest BCUT2D eigenvalue weighted by Gasteiger charge is -2.38. The maximum atomic E-state index is 14.6. The topological polar surface area (TPSA) is 158 Å². The first-order valence-corrected chi connectivity index (χ1v) is 16.4. The molecule has 0 aromatic heterocycles. The van der Waals surface area contributed by atoms with Crippen LogP contribution in [0.2, 0.25) is 0 Å². The third-order valence-corrected chi connectivity index (χ3v) is 8.58. The quantitative estimate of drug-likeness (QED) is 0.119. The first kappa shape index (κ1) is 44.0. The number of rotatable bonds is 9. The van der Waals surface area contributed by atoms with Crippen LogP contribution in [0, 0.1) is 23.5 Å². The number of hydrogen-bond acceptors (Lipinski definition) is 10. The van der Waals surface area contributed by atoms with E-state index in [2.05, 4.69) is 14.2 Å². The molecule has 2 heterocycles. The van der Waals surface area contributed by atoms with Gasteiger partial charge in [-0.05, 0) is 44.7 Å². The molecule has 2 unspecified atom stereocenters. The number of Topliss-reactive ketones (excluding diaryl/α,β-unsaturated/α-hetero) is 1. The number of benzene rings is 2. The molecule has 13 nitrogen and oxygen atoms in total. The van der Waals surface area contributed by atoms with Crippen molar-refractivity contribution in [1.82, 2.24) is 9.80 Å². The van der Waals surface area contributed by atoms with Gasteiger partial charge in [0.1, 0.15) is 35.3 Å². The number of alkyl halides is 6. The second kappa shape index (κ2) is 18.8. The van der Waals surface area contributed by atoms with Gasteiger partial charge in [0.25, 0.3) is 0 Å².